The summed E-state index contributed by atoms with van der Waals surface area (Å²) >= 11 is 0. The first-order valence-corrected chi connectivity index (χ1v) is 8.76. The Kier molecular flexibility index (Phi) is 6.50. The number of rotatable bonds is 3. The average molecular weight is 312 g/mol. The second-order valence-electron chi connectivity index (χ2n) is 7.60. The largest absolute Gasteiger partial charge is 0.444 e. The van der Waals surface area contributed by atoms with Gasteiger partial charge in [-0.1, -0.05) is 0 Å². The van der Waals surface area contributed by atoms with Gasteiger partial charge < -0.3 is 20.1 Å². The smallest absolute Gasteiger partial charge is 0.407 e. The Morgan fingerprint density at radius 2 is 1.59 bits per heavy atom. The van der Waals surface area contributed by atoms with Gasteiger partial charge in [0.15, 0.2) is 0 Å². The molecule has 1 heterocycles. The van der Waals surface area contributed by atoms with Crippen molar-refractivity contribution in [3.05, 3.63) is 0 Å². The first-order valence-electron chi connectivity index (χ1n) is 8.76. The molecule has 2 fully saturated rings. The Labute approximate surface area is 134 Å². The second kappa shape index (κ2) is 8.16. The van der Waals surface area contributed by atoms with Crippen molar-refractivity contribution >= 4 is 6.09 Å². The molecule has 0 aromatic rings. The van der Waals surface area contributed by atoms with Crippen molar-refractivity contribution in [1.29, 1.82) is 0 Å². The van der Waals surface area contributed by atoms with Gasteiger partial charge in [0.05, 0.1) is 0 Å². The molecule has 1 atom stereocenters. The predicted molar refractivity (Wildman–Crippen MR) is 87.0 cm³/mol. The molecule has 1 aliphatic heterocycles. The third kappa shape index (κ3) is 6.53. The summed E-state index contributed by atoms with van der Waals surface area (Å²) in [6.07, 6.45) is 7.51. The van der Waals surface area contributed by atoms with Gasteiger partial charge >= 0.3 is 6.09 Å². The molecule has 0 spiro atoms. The fourth-order valence-electron chi connectivity index (χ4n) is 3.28. The lowest BCUT2D eigenvalue weighted by Gasteiger charge is -2.32. The van der Waals surface area contributed by atoms with E-state index in [-0.39, 0.29) is 12.1 Å². The van der Waals surface area contributed by atoms with Crippen molar-refractivity contribution in [2.45, 2.75) is 89.4 Å². The van der Waals surface area contributed by atoms with Crippen LogP contribution in [0.1, 0.15) is 65.7 Å². The van der Waals surface area contributed by atoms with Crippen molar-refractivity contribution in [3.63, 3.8) is 0 Å². The summed E-state index contributed by atoms with van der Waals surface area (Å²) in [5, 5.41) is 6.79. The lowest BCUT2D eigenvalue weighted by atomic mass is 9.90. The number of hydrogen-bond acceptors (Lipinski definition) is 4. The number of alkyl carbamates (subject to hydrolysis) is 1. The molecule has 2 N–H and O–H groups in total. The van der Waals surface area contributed by atoms with Gasteiger partial charge in [-0.15, -0.1) is 0 Å². The Hall–Kier alpha value is -0.810. The van der Waals surface area contributed by atoms with Crippen LogP contribution in [0.4, 0.5) is 4.79 Å². The van der Waals surface area contributed by atoms with E-state index in [9.17, 15) is 4.79 Å². The molecule has 0 radical (unpaired) electrons. The van der Waals surface area contributed by atoms with E-state index >= 15 is 0 Å². The maximum Gasteiger partial charge on any atom is 0.407 e. The van der Waals surface area contributed by atoms with Crippen molar-refractivity contribution in [2.24, 2.45) is 0 Å². The summed E-state index contributed by atoms with van der Waals surface area (Å²) in [6, 6.07) is 1.44. The first-order chi connectivity index (χ1) is 10.4. The molecule has 1 amide bonds. The quantitative estimate of drug-likeness (QED) is 0.841. The van der Waals surface area contributed by atoms with Crippen LogP contribution in [0.25, 0.3) is 0 Å². The standard InChI is InChI=1S/C17H32N2O3/c1-17(2,3)22-16(20)19-15-8-6-14(7-9-15)18-13-5-4-11-21-12-10-13/h13-15,18H,4-12H2,1-3H3,(H,19,20). The molecular formula is C17H32N2O3. The van der Waals surface area contributed by atoms with Crippen LogP contribution in [-0.2, 0) is 9.47 Å². The van der Waals surface area contributed by atoms with Crippen LogP contribution in [0.5, 0.6) is 0 Å². The Bertz CT molecular complexity index is 338. The van der Waals surface area contributed by atoms with Crippen LogP contribution in [-0.4, -0.2) is 43.0 Å². The Morgan fingerprint density at radius 3 is 2.27 bits per heavy atom. The van der Waals surface area contributed by atoms with Gasteiger partial charge in [-0.25, -0.2) is 4.79 Å². The number of hydrogen-bond donors (Lipinski definition) is 2. The van der Waals surface area contributed by atoms with Gasteiger partial charge in [-0.2, -0.15) is 0 Å². The van der Waals surface area contributed by atoms with Crippen molar-refractivity contribution in [1.82, 2.24) is 10.6 Å². The molecule has 5 heteroatoms. The predicted octanol–water partition coefficient (Wildman–Crippen LogP) is 2.98. The lowest BCUT2D eigenvalue weighted by molar-refractivity contribution is 0.0489. The molecular weight excluding hydrogens is 280 g/mol. The van der Waals surface area contributed by atoms with Gasteiger partial charge in [0.25, 0.3) is 0 Å². The monoisotopic (exact) mass is 312 g/mol. The fraction of sp³-hybridized carbons (Fsp3) is 0.941. The van der Waals surface area contributed by atoms with E-state index in [0.717, 1.165) is 51.7 Å². The summed E-state index contributed by atoms with van der Waals surface area (Å²) in [5.74, 6) is 0. The summed E-state index contributed by atoms with van der Waals surface area (Å²) < 4.78 is 10.8. The zero-order valence-corrected chi connectivity index (χ0v) is 14.3. The first kappa shape index (κ1) is 17.5. The van der Waals surface area contributed by atoms with Gasteiger partial charge in [0.2, 0.25) is 0 Å². The minimum atomic E-state index is -0.426. The molecule has 1 unspecified atom stereocenters. The molecule has 0 aromatic heterocycles. The number of ether oxygens (including phenoxy) is 2. The van der Waals surface area contributed by atoms with Crippen LogP contribution in [0.15, 0.2) is 0 Å². The minimum absolute atomic E-state index is 0.255. The van der Waals surface area contributed by atoms with Crippen molar-refractivity contribution < 1.29 is 14.3 Å². The summed E-state index contributed by atoms with van der Waals surface area (Å²) in [4.78, 5) is 11.8. The van der Waals surface area contributed by atoms with Gasteiger partial charge in [-0.05, 0) is 65.7 Å². The maximum atomic E-state index is 11.8. The highest BCUT2D eigenvalue weighted by Gasteiger charge is 2.26. The van der Waals surface area contributed by atoms with Crippen molar-refractivity contribution in [3.8, 4) is 0 Å². The normalized spacial score (nSPS) is 30.4. The van der Waals surface area contributed by atoms with Crippen molar-refractivity contribution in [2.75, 3.05) is 13.2 Å². The van der Waals surface area contributed by atoms with E-state index in [4.69, 9.17) is 9.47 Å². The van der Waals surface area contributed by atoms with Crippen LogP contribution < -0.4 is 10.6 Å². The van der Waals surface area contributed by atoms with E-state index in [1.807, 2.05) is 20.8 Å². The third-order valence-electron chi connectivity index (χ3n) is 4.37. The highest BCUT2D eigenvalue weighted by molar-refractivity contribution is 5.68. The zero-order valence-electron chi connectivity index (χ0n) is 14.3. The van der Waals surface area contributed by atoms with E-state index in [1.165, 1.54) is 6.42 Å². The molecule has 0 aromatic carbocycles. The van der Waals surface area contributed by atoms with Crippen LogP contribution in [0, 0.1) is 0 Å². The summed E-state index contributed by atoms with van der Waals surface area (Å²) in [7, 11) is 0. The Balaban J connectivity index is 1.66. The molecule has 1 aliphatic carbocycles. The van der Waals surface area contributed by atoms with Crippen LogP contribution >= 0.6 is 0 Å². The molecule has 0 bridgehead atoms. The van der Waals surface area contributed by atoms with E-state index in [2.05, 4.69) is 10.6 Å². The van der Waals surface area contributed by atoms with E-state index in [1.54, 1.807) is 0 Å². The average Bonchev–Trinajstić information content (AvgIpc) is 2.67. The van der Waals surface area contributed by atoms with E-state index < -0.39 is 5.60 Å². The minimum Gasteiger partial charge on any atom is -0.444 e. The summed E-state index contributed by atoms with van der Waals surface area (Å²) in [6.45, 7) is 7.47. The Morgan fingerprint density at radius 1 is 0.955 bits per heavy atom. The van der Waals surface area contributed by atoms with Gasteiger partial charge in [0, 0.05) is 31.3 Å². The second-order valence-corrected chi connectivity index (χ2v) is 7.60. The maximum absolute atomic E-state index is 11.8. The topological polar surface area (TPSA) is 59.6 Å². The molecule has 128 valence electrons. The molecule has 22 heavy (non-hydrogen) atoms. The number of nitrogens with one attached hydrogen (secondary N) is 2. The highest BCUT2D eigenvalue weighted by Crippen LogP contribution is 2.21. The summed E-state index contributed by atoms with van der Waals surface area (Å²) in [5.41, 5.74) is -0.426. The van der Waals surface area contributed by atoms with Crippen LogP contribution in [0.2, 0.25) is 0 Å². The fourth-order valence-corrected chi connectivity index (χ4v) is 3.28. The van der Waals surface area contributed by atoms with E-state index in [0.29, 0.717) is 12.1 Å². The molecule has 1 saturated carbocycles. The van der Waals surface area contributed by atoms with Crippen LogP contribution in [0.3, 0.4) is 0 Å². The highest BCUT2D eigenvalue weighted by atomic mass is 16.6. The van der Waals surface area contributed by atoms with Gasteiger partial charge in [0.1, 0.15) is 5.60 Å². The SMILES string of the molecule is CC(C)(C)OC(=O)NC1CCC(NC2CCCOCC2)CC1. The third-order valence-corrected chi connectivity index (χ3v) is 4.37. The van der Waals surface area contributed by atoms with Gasteiger partial charge in [-0.3, -0.25) is 0 Å². The number of carbonyl (C=O) groups is 1. The molecule has 2 aliphatic rings. The molecule has 1 saturated heterocycles. The number of amides is 1. The molecule has 2 rings (SSSR count). The zero-order chi connectivity index (χ0) is 16.0. The number of carbonyl (C=O) groups excluding carboxylic acids is 1. The lowest BCUT2D eigenvalue weighted by Crippen LogP contribution is -2.46. The molecule has 5 nitrogen and oxygen atoms in total.